The Hall–Kier alpha value is -3.12. The number of rotatable bonds is 14. The second-order valence-corrected chi connectivity index (χ2v) is 7.90. The molecule has 0 fully saturated rings. The maximum Gasteiger partial charge on any atom is 0.326 e. The lowest BCUT2D eigenvalue weighted by molar-refractivity contribution is -0.141. The summed E-state index contributed by atoms with van der Waals surface area (Å²) in [4.78, 5) is 58.9. The Morgan fingerprint density at radius 3 is 2.22 bits per heavy atom. The van der Waals surface area contributed by atoms with E-state index in [0.29, 0.717) is 5.75 Å². The number of carbonyl (C=O) groups excluding carboxylic acids is 3. The first-order chi connectivity index (χ1) is 15.1. The van der Waals surface area contributed by atoms with E-state index in [-0.39, 0.29) is 12.8 Å². The molecule has 0 aliphatic rings. The van der Waals surface area contributed by atoms with E-state index in [1.165, 1.54) is 11.8 Å². The molecule has 176 valence electrons. The molecule has 0 heterocycles. The lowest BCUT2D eigenvalue weighted by atomic mass is 10.1. The molecule has 0 radical (unpaired) electrons. The van der Waals surface area contributed by atoms with E-state index in [0.717, 1.165) is 5.56 Å². The van der Waals surface area contributed by atoms with Gasteiger partial charge in [-0.15, -0.1) is 0 Å². The monoisotopic (exact) mass is 468 g/mol. The zero-order chi connectivity index (χ0) is 24.1. The Labute approximate surface area is 189 Å². The molecular formula is C20H28N4O7S. The molecule has 0 bridgehead atoms. The van der Waals surface area contributed by atoms with Crippen LogP contribution >= 0.6 is 11.8 Å². The van der Waals surface area contributed by atoms with Crippen molar-refractivity contribution in [2.45, 2.75) is 37.4 Å². The number of nitrogens with two attached hydrogens (primary N) is 1. The first-order valence-electron chi connectivity index (χ1n) is 9.74. The summed E-state index contributed by atoms with van der Waals surface area (Å²) in [5.74, 6) is -4.13. The SMILES string of the molecule is CSCCC(NC(=O)C(N)CC(=O)O)C(=O)NCC(=O)NC(Cc1ccccc1)C(=O)O. The maximum atomic E-state index is 12.5. The molecule has 3 atom stereocenters. The number of carbonyl (C=O) groups is 5. The largest absolute Gasteiger partial charge is 0.481 e. The molecule has 1 aromatic rings. The molecule has 0 aliphatic heterocycles. The normalized spacial score (nSPS) is 13.3. The van der Waals surface area contributed by atoms with Crippen LogP contribution in [0, 0.1) is 0 Å². The zero-order valence-corrected chi connectivity index (χ0v) is 18.4. The number of carboxylic acids is 2. The van der Waals surface area contributed by atoms with Crippen molar-refractivity contribution in [3.63, 3.8) is 0 Å². The van der Waals surface area contributed by atoms with E-state index < -0.39 is 60.8 Å². The van der Waals surface area contributed by atoms with E-state index in [9.17, 15) is 29.1 Å². The molecule has 3 unspecified atom stereocenters. The summed E-state index contributed by atoms with van der Waals surface area (Å²) in [6.07, 6.45) is 1.51. The fourth-order valence-electron chi connectivity index (χ4n) is 2.65. The molecule has 1 rings (SSSR count). The Morgan fingerprint density at radius 2 is 1.66 bits per heavy atom. The van der Waals surface area contributed by atoms with Crippen molar-refractivity contribution in [1.29, 1.82) is 0 Å². The van der Waals surface area contributed by atoms with E-state index in [2.05, 4.69) is 16.0 Å². The smallest absolute Gasteiger partial charge is 0.326 e. The Balaban J connectivity index is 2.64. The summed E-state index contributed by atoms with van der Waals surface area (Å²) < 4.78 is 0. The van der Waals surface area contributed by atoms with Crippen LogP contribution in [-0.4, -0.2) is 76.6 Å². The number of hydrogen-bond acceptors (Lipinski definition) is 7. The zero-order valence-electron chi connectivity index (χ0n) is 17.6. The van der Waals surface area contributed by atoms with Crippen LogP contribution in [0.5, 0.6) is 0 Å². The number of benzene rings is 1. The second kappa shape index (κ2) is 14.0. The number of carboxylic acid groups (broad SMARTS) is 2. The van der Waals surface area contributed by atoms with Gasteiger partial charge in [0.15, 0.2) is 0 Å². The van der Waals surface area contributed by atoms with Gasteiger partial charge in [-0.3, -0.25) is 19.2 Å². The molecule has 0 aliphatic carbocycles. The highest BCUT2D eigenvalue weighted by atomic mass is 32.2. The Kier molecular flexibility index (Phi) is 11.8. The van der Waals surface area contributed by atoms with Gasteiger partial charge in [0.1, 0.15) is 12.1 Å². The number of hydrogen-bond donors (Lipinski definition) is 6. The third kappa shape index (κ3) is 10.3. The van der Waals surface area contributed by atoms with Crippen molar-refractivity contribution in [3.8, 4) is 0 Å². The number of thioether (sulfide) groups is 1. The minimum atomic E-state index is -1.32. The summed E-state index contributed by atoms with van der Waals surface area (Å²) in [6, 6.07) is 5.23. The Morgan fingerprint density at radius 1 is 1.00 bits per heavy atom. The standard InChI is InChI=1S/C20H28N4O7S/c1-32-8-7-14(24-18(28)13(21)10-17(26)27)19(29)22-11-16(25)23-15(20(30)31)9-12-5-3-2-4-6-12/h2-6,13-15H,7-11,21H2,1H3,(H,22,29)(H,23,25)(H,24,28)(H,26,27)(H,30,31). The van der Waals surface area contributed by atoms with Gasteiger partial charge in [0, 0.05) is 6.42 Å². The van der Waals surface area contributed by atoms with Crippen LogP contribution in [-0.2, 0) is 30.4 Å². The summed E-state index contributed by atoms with van der Waals surface area (Å²) in [6.45, 7) is -0.496. The van der Waals surface area contributed by atoms with Gasteiger partial charge >= 0.3 is 11.9 Å². The topological polar surface area (TPSA) is 188 Å². The number of nitrogens with one attached hydrogen (secondary N) is 3. The molecule has 0 saturated heterocycles. The van der Waals surface area contributed by atoms with Gasteiger partial charge in [-0.2, -0.15) is 11.8 Å². The van der Waals surface area contributed by atoms with Crippen molar-refractivity contribution in [2.24, 2.45) is 5.73 Å². The minimum Gasteiger partial charge on any atom is -0.481 e. The predicted molar refractivity (Wildman–Crippen MR) is 118 cm³/mol. The van der Waals surface area contributed by atoms with Crippen molar-refractivity contribution in [2.75, 3.05) is 18.6 Å². The van der Waals surface area contributed by atoms with Gasteiger partial charge in [0.25, 0.3) is 0 Å². The lowest BCUT2D eigenvalue weighted by Gasteiger charge is -2.20. The molecular weight excluding hydrogens is 440 g/mol. The molecule has 11 nitrogen and oxygen atoms in total. The van der Waals surface area contributed by atoms with Crippen molar-refractivity contribution >= 4 is 41.4 Å². The van der Waals surface area contributed by atoms with E-state index in [1.807, 2.05) is 0 Å². The van der Waals surface area contributed by atoms with Crippen LogP contribution in [0.15, 0.2) is 30.3 Å². The third-order valence-electron chi connectivity index (χ3n) is 4.31. The first kappa shape index (κ1) is 26.9. The highest BCUT2D eigenvalue weighted by Crippen LogP contribution is 2.04. The summed E-state index contributed by atoms with van der Waals surface area (Å²) in [5.41, 5.74) is 6.24. The van der Waals surface area contributed by atoms with Crippen LogP contribution in [0.3, 0.4) is 0 Å². The third-order valence-corrected chi connectivity index (χ3v) is 4.96. The van der Waals surface area contributed by atoms with Gasteiger partial charge in [-0.1, -0.05) is 30.3 Å². The highest BCUT2D eigenvalue weighted by molar-refractivity contribution is 7.98. The molecule has 0 aromatic heterocycles. The fraction of sp³-hybridized carbons (Fsp3) is 0.450. The average Bonchev–Trinajstić information content (AvgIpc) is 2.74. The van der Waals surface area contributed by atoms with E-state index >= 15 is 0 Å². The van der Waals surface area contributed by atoms with Gasteiger partial charge < -0.3 is 31.9 Å². The van der Waals surface area contributed by atoms with E-state index in [4.69, 9.17) is 10.8 Å². The molecule has 12 heteroatoms. The lowest BCUT2D eigenvalue weighted by Crippen LogP contribution is -2.54. The van der Waals surface area contributed by atoms with Crippen LogP contribution in [0.2, 0.25) is 0 Å². The van der Waals surface area contributed by atoms with Crippen molar-refractivity contribution in [1.82, 2.24) is 16.0 Å². The molecule has 3 amide bonds. The quantitative estimate of drug-likeness (QED) is 0.198. The van der Waals surface area contributed by atoms with Crippen molar-refractivity contribution in [3.05, 3.63) is 35.9 Å². The first-order valence-corrected chi connectivity index (χ1v) is 11.1. The summed E-state index contributed by atoms with van der Waals surface area (Å²) in [7, 11) is 0. The van der Waals surface area contributed by atoms with Crippen LogP contribution in [0.1, 0.15) is 18.4 Å². The second-order valence-electron chi connectivity index (χ2n) is 6.91. The van der Waals surface area contributed by atoms with Gasteiger partial charge in [-0.05, 0) is 24.0 Å². The van der Waals surface area contributed by atoms with Crippen molar-refractivity contribution < 1.29 is 34.2 Å². The number of aliphatic carboxylic acids is 2. The average molecular weight is 469 g/mol. The molecule has 32 heavy (non-hydrogen) atoms. The summed E-state index contributed by atoms with van der Waals surface area (Å²) in [5, 5.41) is 25.2. The minimum absolute atomic E-state index is 0.0731. The predicted octanol–water partition coefficient (Wildman–Crippen LogP) is -1.05. The van der Waals surface area contributed by atoms with Gasteiger partial charge in [0.2, 0.25) is 17.7 Å². The van der Waals surface area contributed by atoms with Crippen LogP contribution < -0.4 is 21.7 Å². The molecule has 1 aromatic carbocycles. The summed E-state index contributed by atoms with van der Waals surface area (Å²) >= 11 is 1.43. The molecule has 0 spiro atoms. The highest BCUT2D eigenvalue weighted by Gasteiger charge is 2.26. The molecule has 0 saturated carbocycles. The van der Waals surface area contributed by atoms with E-state index in [1.54, 1.807) is 36.6 Å². The van der Waals surface area contributed by atoms with Gasteiger partial charge in [0.05, 0.1) is 19.0 Å². The fourth-order valence-corrected chi connectivity index (χ4v) is 3.12. The van der Waals surface area contributed by atoms with Crippen LogP contribution in [0.4, 0.5) is 0 Å². The number of amides is 3. The van der Waals surface area contributed by atoms with Gasteiger partial charge in [-0.25, -0.2) is 4.79 Å². The maximum absolute atomic E-state index is 12.5. The van der Waals surface area contributed by atoms with Crippen LogP contribution in [0.25, 0.3) is 0 Å². The Bertz CT molecular complexity index is 806. The molecule has 7 N–H and O–H groups in total.